The lowest BCUT2D eigenvalue weighted by atomic mass is 10.2. The van der Waals surface area contributed by atoms with E-state index in [1.54, 1.807) is 6.20 Å². The van der Waals surface area contributed by atoms with Crippen LogP contribution in [0.3, 0.4) is 0 Å². The van der Waals surface area contributed by atoms with Crippen molar-refractivity contribution in [3.05, 3.63) is 48.3 Å². The van der Waals surface area contributed by atoms with Crippen molar-refractivity contribution in [3.63, 3.8) is 0 Å². The van der Waals surface area contributed by atoms with Crippen LogP contribution in [0.4, 0.5) is 0 Å². The second kappa shape index (κ2) is 6.33. The molecule has 1 N–H and O–H groups in total. The van der Waals surface area contributed by atoms with Gasteiger partial charge in [0.2, 0.25) is 0 Å². The van der Waals surface area contributed by atoms with Gasteiger partial charge in [-0.25, -0.2) is 4.68 Å². The van der Waals surface area contributed by atoms with E-state index in [0.29, 0.717) is 0 Å². The first-order chi connectivity index (χ1) is 8.75. The number of aromatic nitrogens is 2. The molecule has 0 aliphatic heterocycles. The molecule has 0 fully saturated rings. The van der Waals surface area contributed by atoms with Gasteiger partial charge in [0.25, 0.3) is 0 Å². The van der Waals surface area contributed by atoms with E-state index >= 15 is 0 Å². The van der Waals surface area contributed by atoms with Gasteiger partial charge in [-0.1, -0.05) is 12.1 Å². The smallest absolute Gasteiger partial charge is 0.0645 e. The van der Waals surface area contributed by atoms with Gasteiger partial charge < -0.3 is 10.2 Å². The molecular formula is C14H20N4. The van der Waals surface area contributed by atoms with Crippen LogP contribution in [0.5, 0.6) is 0 Å². The molecule has 0 radical (unpaired) electrons. The maximum absolute atomic E-state index is 4.21. The van der Waals surface area contributed by atoms with E-state index < -0.39 is 0 Å². The molecule has 0 bridgehead atoms. The SMILES string of the molecule is CN(C)CCNCc1ccc(-n2cccn2)cc1. The molecule has 1 heterocycles. The summed E-state index contributed by atoms with van der Waals surface area (Å²) in [4.78, 5) is 2.17. The molecule has 0 spiro atoms. The highest BCUT2D eigenvalue weighted by Crippen LogP contribution is 2.08. The zero-order valence-corrected chi connectivity index (χ0v) is 11.0. The number of hydrogen-bond acceptors (Lipinski definition) is 3. The van der Waals surface area contributed by atoms with E-state index in [9.17, 15) is 0 Å². The Hall–Kier alpha value is -1.65. The van der Waals surface area contributed by atoms with E-state index in [4.69, 9.17) is 0 Å². The van der Waals surface area contributed by atoms with Crippen molar-refractivity contribution in [2.75, 3.05) is 27.2 Å². The van der Waals surface area contributed by atoms with Gasteiger partial charge >= 0.3 is 0 Å². The lowest BCUT2D eigenvalue weighted by Gasteiger charge is -2.10. The van der Waals surface area contributed by atoms with Crippen molar-refractivity contribution in [1.29, 1.82) is 0 Å². The summed E-state index contributed by atoms with van der Waals surface area (Å²) in [6.45, 7) is 2.98. The van der Waals surface area contributed by atoms with Crippen LogP contribution >= 0.6 is 0 Å². The normalized spacial score (nSPS) is 11.1. The van der Waals surface area contributed by atoms with Gasteiger partial charge in [-0.3, -0.25) is 0 Å². The summed E-state index contributed by atoms with van der Waals surface area (Å²) in [6, 6.07) is 10.4. The molecule has 0 aliphatic rings. The molecule has 0 amide bonds. The number of rotatable bonds is 6. The van der Waals surface area contributed by atoms with Crippen molar-refractivity contribution < 1.29 is 0 Å². The Morgan fingerprint density at radius 2 is 2.00 bits per heavy atom. The second-order valence-electron chi connectivity index (χ2n) is 4.60. The van der Waals surface area contributed by atoms with Crippen LogP contribution in [0.25, 0.3) is 5.69 Å². The van der Waals surface area contributed by atoms with Crippen molar-refractivity contribution in [2.24, 2.45) is 0 Å². The zero-order chi connectivity index (χ0) is 12.8. The molecule has 4 nitrogen and oxygen atoms in total. The van der Waals surface area contributed by atoms with Crippen molar-refractivity contribution in [2.45, 2.75) is 6.54 Å². The van der Waals surface area contributed by atoms with Gasteiger partial charge in [0.15, 0.2) is 0 Å². The molecule has 0 unspecified atom stereocenters. The first kappa shape index (κ1) is 12.8. The summed E-state index contributed by atoms with van der Waals surface area (Å²) in [6.07, 6.45) is 3.74. The van der Waals surface area contributed by atoms with E-state index in [-0.39, 0.29) is 0 Å². The van der Waals surface area contributed by atoms with E-state index in [1.807, 2.05) is 16.9 Å². The highest BCUT2D eigenvalue weighted by molar-refractivity contribution is 5.33. The van der Waals surface area contributed by atoms with Crippen molar-refractivity contribution >= 4 is 0 Å². The quantitative estimate of drug-likeness (QED) is 0.782. The van der Waals surface area contributed by atoms with Crippen LogP contribution in [0, 0.1) is 0 Å². The number of nitrogens with zero attached hydrogens (tertiary/aromatic N) is 3. The molecule has 96 valence electrons. The molecule has 2 rings (SSSR count). The fraction of sp³-hybridized carbons (Fsp3) is 0.357. The maximum atomic E-state index is 4.21. The molecule has 1 aromatic carbocycles. The summed E-state index contributed by atoms with van der Waals surface area (Å²) in [5.74, 6) is 0. The Morgan fingerprint density at radius 1 is 1.22 bits per heavy atom. The maximum Gasteiger partial charge on any atom is 0.0645 e. The minimum atomic E-state index is 0.910. The molecule has 0 atom stereocenters. The fourth-order valence-corrected chi connectivity index (χ4v) is 1.72. The predicted octanol–water partition coefficient (Wildman–Crippen LogP) is 1.52. The van der Waals surface area contributed by atoms with Gasteiger partial charge in [0.05, 0.1) is 5.69 Å². The zero-order valence-electron chi connectivity index (χ0n) is 11.0. The lowest BCUT2D eigenvalue weighted by Crippen LogP contribution is -2.26. The number of hydrogen-bond donors (Lipinski definition) is 1. The highest BCUT2D eigenvalue weighted by Gasteiger charge is 1.97. The van der Waals surface area contributed by atoms with Gasteiger partial charge in [-0.15, -0.1) is 0 Å². The van der Waals surface area contributed by atoms with Crippen LogP contribution < -0.4 is 5.32 Å². The molecule has 0 aliphatic carbocycles. The van der Waals surface area contributed by atoms with Gasteiger partial charge in [-0.2, -0.15) is 5.10 Å². The van der Waals surface area contributed by atoms with E-state index in [1.165, 1.54) is 5.56 Å². The van der Waals surface area contributed by atoms with Gasteiger partial charge in [-0.05, 0) is 37.9 Å². The first-order valence-electron chi connectivity index (χ1n) is 6.20. The third-order valence-corrected chi connectivity index (χ3v) is 2.77. The van der Waals surface area contributed by atoms with Crippen LogP contribution in [0.1, 0.15) is 5.56 Å². The van der Waals surface area contributed by atoms with Crippen LogP contribution in [-0.2, 0) is 6.54 Å². The van der Waals surface area contributed by atoms with Crippen molar-refractivity contribution in [3.8, 4) is 5.69 Å². The molecule has 18 heavy (non-hydrogen) atoms. The second-order valence-corrected chi connectivity index (χ2v) is 4.60. The fourth-order valence-electron chi connectivity index (χ4n) is 1.72. The average molecular weight is 244 g/mol. The van der Waals surface area contributed by atoms with Gasteiger partial charge in [0.1, 0.15) is 0 Å². The number of likely N-dealkylation sites (N-methyl/N-ethyl adjacent to an activating group) is 1. The molecule has 4 heteroatoms. The summed E-state index contributed by atoms with van der Waals surface area (Å²) < 4.78 is 1.86. The minimum absolute atomic E-state index is 0.910. The van der Waals surface area contributed by atoms with E-state index in [2.05, 4.69) is 53.7 Å². The largest absolute Gasteiger partial charge is 0.311 e. The van der Waals surface area contributed by atoms with E-state index in [0.717, 1.165) is 25.3 Å². The topological polar surface area (TPSA) is 33.1 Å². The first-order valence-corrected chi connectivity index (χ1v) is 6.20. The number of benzene rings is 1. The van der Waals surface area contributed by atoms with Gasteiger partial charge in [0, 0.05) is 32.0 Å². The Bertz CT molecular complexity index is 445. The average Bonchev–Trinajstić information content (AvgIpc) is 2.89. The molecular weight excluding hydrogens is 224 g/mol. The Morgan fingerprint density at radius 3 is 2.61 bits per heavy atom. The predicted molar refractivity (Wildman–Crippen MR) is 73.8 cm³/mol. The standard InChI is InChI=1S/C14H20N4/c1-17(2)11-9-15-12-13-4-6-14(7-5-13)18-10-3-8-16-18/h3-8,10,15H,9,11-12H2,1-2H3. The van der Waals surface area contributed by atoms with Crippen LogP contribution in [-0.4, -0.2) is 41.9 Å². The third kappa shape index (κ3) is 3.68. The summed E-state index contributed by atoms with van der Waals surface area (Å²) >= 11 is 0. The highest BCUT2D eigenvalue weighted by atomic mass is 15.3. The summed E-state index contributed by atoms with van der Waals surface area (Å²) in [7, 11) is 4.17. The molecule has 0 saturated carbocycles. The molecule has 0 saturated heterocycles. The minimum Gasteiger partial charge on any atom is -0.311 e. The summed E-state index contributed by atoms with van der Waals surface area (Å²) in [5, 5.41) is 7.63. The Kier molecular flexibility index (Phi) is 4.50. The summed E-state index contributed by atoms with van der Waals surface area (Å²) in [5.41, 5.74) is 2.39. The molecule has 2 aromatic rings. The van der Waals surface area contributed by atoms with Crippen LogP contribution in [0.15, 0.2) is 42.7 Å². The molecule has 1 aromatic heterocycles. The Balaban J connectivity index is 1.84. The van der Waals surface area contributed by atoms with Crippen LogP contribution in [0.2, 0.25) is 0 Å². The Labute approximate surface area is 108 Å². The monoisotopic (exact) mass is 244 g/mol. The third-order valence-electron chi connectivity index (χ3n) is 2.77. The number of nitrogens with one attached hydrogen (secondary N) is 1. The lowest BCUT2D eigenvalue weighted by molar-refractivity contribution is 0.400. The van der Waals surface area contributed by atoms with Crippen molar-refractivity contribution in [1.82, 2.24) is 20.0 Å².